The van der Waals surface area contributed by atoms with Crippen LogP contribution in [0.25, 0.3) is 0 Å². The predicted octanol–water partition coefficient (Wildman–Crippen LogP) is -0.253. The van der Waals surface area contributed by atoms with Crippen LogP contribution in [0.3, 0.4) is 0 Å². The van der Waals surface area contributed by atoms with Gasteiger partial charge in [-0.25, -0.2) is 0 Å². The molecule has 1 saturated heterocycles. The molecule has 1 aliphatic rings. The highest BCUT2D eigenvalue weighted by molar-refractivity contribution is 5.88. The molecule has 0 aromatic heterocycles. The molecule has 0 aliphatic carbocycles. The fraction of sp³-hybridized carbons (Fsp3) is 0.600. The summed E-state index contributed by atoms with van der Waals surface area (Å²) in [6.07, 6.45) is 5.83. The summed E-state index contributed by atoms with van der Waals surface area (Å²) in [4.78, 5) is 24.4. The van der Waals surface area contributed by atoms with E-state index in [9.17, 15) is 9.59 Å². The summed E-state index contributed by atoms with van der Waals surface area (Å²) in [6, 6.07) is -0.367. The van der Waals surface area contributed by atoms with Crippen LogP contribution in [0.2, 0.25) is 0 Å². The number of rotatable bonds is 2. The Morgan fingerprint density at radius 1 is 1.79 bits per heavy atom. The Morgan fingerprint density at radius 2 is 2.50 bits per heavy atom. The SMILES string of the molecule is C#CCCC(=O)N1CCNC(=O)C1C. The van der Waals surface area contributed by atoms with Gasteiger partial charge in [0, 0.05) is 25.9 Å². The van der Waals surface area contributed by atoms with Gasteiger partial charge in [-0.3, -0.25) is 9.59 Å². The summed E-state index contributed by atoms with van der Waals surface area (Å²) in [5.41, 5.74) is 0. The standard InChI is InChI=1S/C10H14N2O2/c1-3-4-5-9(13)12-7-6-11-10(14)8(12)2/h1,8H,4-7H2,2H3,(H,11,14). The van der Waals surface area contributed by atoms with Gasteiger partial charge in [-0.2, -0.15) is 0 Å². The van der Waals surface area contributed by atoms with Crippen molar-refractivity contribution in [1.29, 1.82) is 0 Å². The maximum atomic E-state index is 11.6. The maximum Gasteiger partial charge on any atom is 0.242 e. The number of carbonyl (C=O) groups is 2. The van der Waals surface area contributed by atoms with Gasteiger partial charge in [-0.05, 0) is 6.92 Å². The molecule has 1 N–H and O–H groups in total. The Hall–Kier alpha value is -1.50. The van der Waals surface area contributed by atoms with Gasteiger partial charge in [0.2, 0.25) is 11.8 Å². The first-order valence-corrected chi connectivity index (χ1v) is 4.67. The number of amides is 2. The van der Waals surface area contributed by atoms with Gasteiger partial charge in [0.25, 0.3) is 0 Å². The first-order chi connectivity index (χ1) is 6.66. The van der Waals surface area contributed by atoms with Gasteiger partial charge >= 0.3 is 0 Å². The lowest BCUT2D eigenvalue weighted by atomic mass is 10.1. The molecule has 0 spiro atoms. The number of carbonyl (C=O) groups excluding carboxylic acids is 2. The molecule has 0 saturated carbocycles. The third-order valence-electron chi connectivity index (χ3n) is 2.30. The van der Waals surface area contributed by atoms with E-state index in [1.807, 2.05) is 0 Å². The van der Waals surface area contributed by atoms with Crippen molar-refractivity contribution in [2.24, 2.45) is 0 Å². The summed E-state index contributed by atoms with van der Waals surface area (Å²) < 4.78 is 0. The van der Waals surface area contributed by atoms with Crippen LogP contribution >= 0.6 is 0 Å². The molecule has 0 aromatic carbocycles. The van der Waals surface area contributed by atoms with Crippen molar-refractivity contribution < 1.29 is 9.59 Å². The maximum absolute atomic E-state index is 11.6. The highest BCUT2D eigenvalue weighted by Gasteiger charge is 2.28. The average Bonchev–Trinajstić information content (AvgIpc) is 2.18. The van der Waals surface area contributed by atoms with Gasteiger partial charge in [0.15, 0.2) is 0 Å². The van der Waals surface area contributed by atoms with E-state index in [0.717, 1.165) is 0 Å². The van der Waals surface area contributed by atoms with Crippen molar-refractivity contribution in [3.05, 3.63) is 0 Å². The van der Waals surface area contributed by atoms with Crippen molar-refractivity contribution in [2.45, 2.75) is 25.8 Å². The third kappa shape index (κ3) is 2.25. The molecule has 1 atom stereocenters. The molecule has 0 bridgehead atoms. The van der Waals surface area contributed by atoms with Gasteiger partial charge in [0.1, 0.15) is 6.04 Å². The zero-order chi connectivity index (χ0) is 10.6. The van der Waals surface area contributed by atoms with Crippen molar-refractivity contribution in [3.63, 3.8) is 0 Å². The molecule has 4 nitrogen and oxygen atoms in total. The molecule has 1 aliphatic heterocycles. The summed E-state index contributed by atoms with van der Waals surface area (Å²) >= 11 is 0. The molecular weight excluding hydrogens is 180 g/mol. The van der Waals surface area contributed by atoms with E-state index in [2.05, 4.69) is 11.2 Å². The number of nitrogens with zero attached hydrogens (tertiary/aromatic N) is 1. The van der Waals surface area contributed by atoms with Crippen LogP contribution in [-0.2, 0) is 9.59 Å². The molecule has 4 heteroatoms. The van der Waals surface area contributed by atoms with Crippen LogP contribution in [-0.4, -0.2) is 35.8 Å². The lowest BCUT2D eigenvalue weighted by molar-refractivity contribution is -0.142. The molecule has 2 amide bonds. The first-order valence-electron chi connectivity index (χ1n) is 4.67. The smallest absolute Gasteiger partial charge is 0.242 e. The average molecular weight is 194 g/mol. The van der Waals surface area contributed by atoms with Gasteiger partial charge in [-0.1, -0.05) is 0 Å². The van der Waals surface area contributed by atoms with Crippen molar-refractivity contribution in [1.82, 2.24) is 10.2 Å². The highest BCUT2D eigenvalue weighted by atomic mass is 16.2. The second kappa shape index (κ2) is 4.66. The normalized spacial score (nSPS) is 21.3. The van der Waals surface area contributed by atoms with Gasteiger partial charge in [0.05, 0.1) is 0 Å². The monoisotopic (exact) mass is 194 g/mol. The summed E-state index contributed by atoms with van der Waals surface area (Å²) in [5, 5.41) is 2.70. The lowest BCUT2D eigenvalue weighted by Crippen LogP contribution is -2.55. The van der Waals surface area contributed by atoms with Crippen LogP contribution in [0.5, 0.6) is 0 Å². The number of piperazine rings is 1. The third-order valence-corrected chi connectivity index (χ3v) is 2.30. The Labute approximate surface area is 83.6 Å². The van der Waals surface area contributed by atoms with E-state index < -0.39 is 0 Å². The van der Waals surface area contributed by atoms with Crippen molar-refractivity contribution >= 4 is 11.8 Å². The zero-order valence-corrected chi connectivity index (χ0v) is 8.25. The molecule has 1 rings (SSSR count). The highest BCUT2D eigenvalue weighted by Crippen LogP contribution is 2.06. The van der Waals surface area contributed by atoms with Crippen LogP contribution < -0.4 is 5.32 Å². The van der Waals surface area contributed by atoms with Crippen LogP contribution in [0, 0.1) is 12.3 Å². The summed E-state index contributed by atoms with van der Waals surface area (Å²) in [7, 11) is 0. The number of nitrogens with one attached hydrogen (secondary N) is 1. The number of hydrogen-bond acceptors (Lipinski definition) is 2. The molecule has 1 heterocycles. The topological polar surface area (TPSA) is 49.4 Å². The fourth-order valence-electron chi connectivity index (χ4n) is 1.45. The second-order valence-corrected chi connectivity index (χ2v) is 3.26. The Kier molecular flexibility index (Phi) is 3.52. The quantitative estimate of drug-likeness (QED) is 0.616. The minimum Gasteiger partial charge on any atom is -0.353 e. The van der Waals surface area contributed by atoms with Crippen LogP contribution in [0.4, 0.5) is 0 Å². The number of hydrogen-bond donors (Lipinski definition) is 1. The molecule has 14 heavy (non-hydrogen) atoms. The largest absolute Gasteiger partial charge is 0.353 e. The molecule has 0 radical (unpaired) electrons. The van der Waals surface area contributed by atoms with E-state index in [4.69, 9.17) is 6.42 Å². The lowest BCUT2D eigenvalue weighted by Gasteiger charge is -2.32. The molecule has 76 valence electrons. The van der Waals surface area contributed by atoms with Crippen LogP contribution in [0.1, 0.15) is 19.8 Å². The summed E-state index contributed by atoms with van der Waals surface area (Å²) in [5.74, 6) is 2.29. The zero-order valence-electron chi connectivity index (χ0n) is 8.25. The first kappa shape index (κ1) is 10.6. The minimum absolute atomic E-state index is 0.0368. The van der Waals surface area contributed by atoms with Gasteiger partial charge in [-0.15, -0.1) is 12.3 Å². The fourth-order valence-corrected chi connectivity index (χ4v) is 1.45. The number of terminal acetylenes is 1. The molecule has 0 aromatic rings. The molecule has 1 fully saturated rings. The van der Waals surface area contributed by atoms with E-state index in [1.54, 1.807) is 11.8 Å². The van der Waals surface area contributed by atoms with Crippen molar-refractivity contribution in [2.75, 3.05) is 13.1 Å². The Balaban J connectivity index is 2.54. The minimum atomic E-state index is -0.367. The summed E-state index contributed by atoms with van der Waals surface area (Å²) in [6.45, 7) is 2.84. The molecule has 1 unspecified atom stereocenters. The van der Waals surface area contributed by atoms with Crippen molar-refractivity contribution in [3.8, 4) is 12.3 Å². The second-order valence-electron chi connectivity index (χ2n) is 3.26. The predicted molar refractivity (Wildman–Crippen MR) is 52.3 cm³/mol. The van der Waals surface area contributed by atoms with E-state index in [1.165, 1.54) is 0 Å². The van der Waals surface area contributed by atoms with Crippen LogP contribution in [0.15, 0.2) is 0 Å². The van der Waals surface area contributed by atoms with E-state index in [0.29, 0.717) is 25.9 Å². The van der Waals surface area contributed by atoms with E-state index >= 15 is 0 Å². The Bertz CT molecular complexity index is 280. The Morgan fingerprint density at radius 3 is 3.14 bits per heavy atom. The van der Waals surface area contributed by atoms with E-state index in [-0.39, 0.29) is 17.9 Å². The molecular formula is C10H14N2O2. The van der Waals surface area contributed by atoms with Gasteiger partial charge < -0.3 is 10.2 Å².